The van der Waals surface area contributed by atoms with Gasteiger partial charge < -0.3 is 0 Å². The second kappa shape index (κ2) is 6.44. The summed E-state index contributed by atoms with van der Waals surface area (Å²) in [6, 6.07) is 14.0. The van der Waals surface area contributed by atoms with E-state index in [0.29, 0.717) is 13.0 Å². The first-order valence-corrected chi connectivity index (χ1v) is 10.0. The number of carbonyl (C=O) groups is 2. The molecule has 0 spiro atoms. The van der Waals surface area contributed by atoms with Crippen molar-refractivity contribution in [2.75, 3.05) is 20.1 Å². The Labute approximate surface area is 157 Å². The molecular formula is C20H18N2O4S. The average molecular weight is 382 g/mol. The Morgan fingerprint density at radius 2 is 1.63 bits per heavy atom. The van der Waals surface area contributed by atoms with Crippen LogP contribution in [0.3, 0.4) is 0 Å². The summed E-state index contributed by atoms with van der Waals surface area (Å²) >= 11 is 0. The van der Waals surface area contributed by atoms with E-state index in [0.717, 1.165) is 16.0 Å². The monoisotopic (exact) mass is 382 g/mol. The maximum Gasteiger partial charge on any atom is 0.261 e. The fourth-order valence-electron chi connectivity index (χ4n) is 3.43. The van der Waals surface area contributed by atoms with E-state index in [1.807, 2.05) is 36.4 Å². The Morgan fingerprint density at radius 3 is 2.30 bits per heavy atom. The third-order valence-corrected chi connectivity index (χ3v) is 6.88. The van der Waals surface area contributed by atoms with E-state index in [4.69, 9.17) is 0 Å². The topological polar surface area (TPSA) is 74.8 Å². The van der Waals surface area contributed by atoms with Crippen LogP contribution < -0.4 is 0 Å². The molecule has 0 saturated carbocycles. The van der Waals surface area contributed by atoms with E-state index in [1.165, 1.54) is 29.6 Å². The third-order valence-electron chi connectivity index (χ3n) is 5.02. The first kappa shape index (κ1) is 17.6. The van der Waals surface area contributed by atoms with Gasteiger partial charge in [0, 0.05) is 20.1 Å². The van der Waals surface area contributed by atoms with E-state index in [-0.39, 0.29) is 22.6 Å². The molecule has 2 aromatic carbocycles. The maximum absolute atomic E-state index is 13.0. The van der Waals surface area contributed by atoms with E-state index in [1.54, 1.807) is 0 Å². The lowest BCUT2D eigenvalue weighted by Crippen LogP contribution is -2.34. The molecule has 138 valence electrons. The molecule has 0 fully saturated rings. The normalized spacial score (nSPS) is 17.8. The largest absolute Gasteiger partial charge is 0.277 e. The van der Waals surface area contributed by atoms with Gasteiger partial charge in [-0.05, 0) is 35.8 Å². The van der Waals surface area contributed by atoms with Gasteiger partial charge in [0.05, 0.1) is 16.0 Å². The van der Waals surface area contributed by atoms with Crippen molar-refractivity contribution < 1.29 is 18.0 Å². The third kappa shape index (κ3) is 2.89. The van der Waals surface area contributed by atoms with Crippen LogP contribution in [-0.2, 0) is 10.0 Å². The van der Waals surface area contributed by atoms with Gasteiger partial charge in [-0.15, -0.1) is 0 Å². The Morgan fingerprint density at radius 1 is 0.926 bits per heavy atom. The number of fused-ring (bicyclic) bond motifs is 1. The van der Waals surface area contributed by atoms with Crippen LogP contribution in [0.5, 0.6) is 0 Å². The highest BCUT2D eigenvalue weighted by Gasteiger charge is 2.35. The van der Waals surface area contributed by atoms with Gasteiger partial charge >= 0.3 is 0 Å². The number of rotatable bonds is 3. The molecule has 6 nitrogen and oxygen atoms in total. The Bertz CT molecular complexity index is 1070. The minimum atomic E-state index is -3.74. The molecule has 7 heteroatoms. The maximum atomic E-state index is 13.0. The minimum absolute atomic E-state index is 0.0364. The van der Waals surface area contributed by atoms with Crippen LogP contribution in [0.4, 0.5) is 0 Å². The fourth-order valence-corrected chi connectivity index (χ4v) is 4.84. The smallest absolute Gasteiger partial charge is 0.261 e. The van der Waals surface area contributed by atoms with Crippen molar-refractivity contribution in [1.82, 2.24) is 9.21 Å². The molecule has 0 atom stereocenters. The molecule has 0 unspecified atom stereocenters. The first-order chi connectivity index (χ1) is 12.9. The van der Waals surface area contributed by atoms with Gasteiger partial charge in [0.1, 0.15) is 0 Å². The predicted octanol–water partition coefficient (Wildman–Crippen LogP) is 2.39. The summed E-state index contributed by atoms with van der Waals surface area (Å²) in [5, 5.41) is 0. The van der Waals surface area contributed by atoms with Crippen LogP contribution >= 0.6 is 0 Å². The van der Waals surface area contributed by atoms with Crippen LogP contribution in [0.25, 0.3) is 5.57 Å². The highest BCUT2D eigenvalue weighted by molar-refractivity contribution is 7.89. The van der Waals surface area contributed by atoms with Gasteiger partial charge in [0.2, 0.25) is 10.0 Å². The van der Waals surface area contributed by atoms with Gasteiger partial charge in [-0.3, -0.25) is 14.5 Å². The van der Waals surface area contributed by atoms with Crippen LogP contribution in [0, 0.1) is 0 Å². The fraction of sp³-hybridized carbons (Fsp3) is 0.200. The number of sulfonamides is 1. The zero-order valence-corrected chi connectivity index (χ0v) is 15.6. The second-order valence-corrected chi connectivity index (χ2v) is 8.52. The van der Waals surface area contributed by atoms with Crippen molar-refractivity contribution in [1.29, 1.82) is 0 Å². The minimum Gasteiger partial charge on any atom is -0.277 e. The van der Waals surface area contributed by atoms with Crippen molar-refractivity contribution in [3.05, 3.63) is 71.3 Å². The number of carbonyl (C=O) groups excluding carboxylic acids is 2. The van der Waals surface area contributed by atoms with Crippen molar-refractivity contribution in [2.45, 2.75) is 11.3 Å². The summed E-state index contributed by atoms with van der Waals surface area (Å²) in [5.74, 6) is -0.885. The molecule has 27 heavy (non-hydrogen) atoms. The zero-order chi connectivity index (χ0) is 19.2. The highest BCUT2D eigenvalue weighted by Crippen LogP contribution is 2.29. The zero-order valence-electron chi connectivity index (χ0n) is 14.8. The van der Waals surface area contributed by atoms with Gasteiger partial charge in [-0.1, -0.05) is 36.4 Å². The molecule has 4 rings (SSSR count). The molecule has 0 aliphatic carbocycles. The molecule has 2 aromatic rings. The summed E-state index contributed by atoms with van der Waals surface area (Å²) in [6.07, 6.45) is 2.54. The standard InChI is InChI=1S/C20H18N2O4S/c1-21-19(23)17-8-7-16(13-18(17)20(21)24)27(25,26)22-11-9-15(10-12-22)14-5-3-2-4-6-14/h2-9,13H,10-12H2,1H3. The van der Waals surface area contributed by atoms with E-state index in [9.17, 15) is 18.0 Å². The lowest BCUT2D eigenvalue weighted by atomic mass is 10.0. The van der Waals surface area contributed by atoms with Gasteiger partial charge in [-0.25, -0.2) is 8.42 Å². The molecule has 0 aromatic heterocycles. The summed E-state index contributed by atoms with van der Waals surface area (Å²) < 4.78 is 27.4. The summed E-state index contributed by atoms with van der Waals surface area (Å²) in [5.41, 5.74) is 2.60. The van der Waals surface area contributed by atoms with Crippen LogP contribution in [0.1, 0.15) is 32.7 Å². The summed E-state index contributed by atoms with van der Waals surface area (Å²) in [7, 11) is -2.35. The lowest BCUT2D eigenvalue weighted by molar-refractivity contribution is 0.0693. The van der Waals surface area contributed by atoms with Gasteiger partial charge in [0.25, 0.3) is 11.8 Å². The molecule has 2 amide bonds. The summed E-state index contributed by atoms with van der Waals surface area (Å²) in [6.45, 7) is 0.642. The van der Waals surface area contributed by atoms with Crippen molar-refractivity contribution in [3.63, 3.8) is 0 Å². The molecule has 0 bridgehead atoms. The van der Waals surface area contributed by atoms with Gasteiger partial charge in [-0.2, -0.15) is 4.31 Å². The Balaban J connectivity index is 1.61. The molecule has 2 heterocycles. The van der Waals surface area contributed by atoms with Crippen LogP contribution in [0.15, 0.2) is 59.5 Å². The van der Waals surface area contributed by atoms with E-state index in [2.05, 4.69) is 0 Å². The average Bonchev–Trinajstić information content (AvgIpc) is 2.92. The van der Waals surface area contributed by atoms with E-state index >= 15 is 0 Å². The van der Waals surface area contributed by atoms with Crippen molar-refractivity contribution in [3.8, 4) is 0 Å². The lowest BCUT2D eigenvalue weighted by Gasteiger charge is -2.26. The number of benzene rings is 2. The molecule has 0 saturated heterocycles. The van der Waals surface area contributed by atoms with E-state index < -0.39 is 21.8 Å². The van der Waals surface area contributed by atoms with Crippen LogP contribution in [0.2, 0.25) is 0 Å². The van der Waals surface area contributed by atoms with Gasteiger partial charge in [0.15, 0.2) is 0 Å². The first-order valence-electron chi connectivity index (χ1n) is 8.60. The second-order valence-electron chi connectivity index (χ2n) is 6.59. The number of nitrogens with zero attached hydrogens (tertiary/aromatic N) is 2. The quantitative estimate of drug-likeness (QED) is 0.764. The number of amides is 2. The summed E-state index contributed by atoms with van der Waals surface area (Å²) in [4.78, 5) is 25.2. The number of imide groups is 1. The highest BCUT2D eigenvalue weighted by atomic mass is 32.2. The molecule has 0 N–H and O–H groups in total. The SMILES string of the molecule is CN1C(=O)c2ccc(S(=O)(=O)N3CC=C(c4ccccc4)CC3)cc2C1=O. The molecule has 2 aliphatic heterocycles. The number of hydrogen-bond donors (Lipinski definition) is 0. The molecule has 2 aliphatic rings. The Kier molecular flexibility index (Phi) is 4.20. The Hall–Kier alpha value is -2.77. The van der Waals surface area contributed by atoms with Crippen molar-refractivity contribution >= 4 is 27.4 Å². The number of hydrogen-bond acceptors (Lipinski definition) is 4. The predicted molar refractivity (Wildman–Crippen MR) is 101 cm³/mol. The molecular weight excluding hydrogens is 364 g/mol. The molecule has 0 radical (unpaired) electrons. The van der Waals surface area contributed by atoms with Crippen molar-refractivity contribution in [2.24, 2.45) is 0 Å². The van der Waals surface area contributed by atoms with Crippen LogP contribution in [-0.4, -0.2) is 49.6 Å².